The lowest BCUT2D eigenvalue weighted by molar-refractivity contribution is -0.140. The van der Waals surface area contributed by atoms with Gasteiger partial charge in [0.15, 0.2) is 0 Å². The maximum Gasteiger partial charge on any atom is 0.295 e. The molecule has 0 radical (unpaired) electrons. The smallest absolute Gasteiger partial charge is 0.295 e. The molecule has 0 aromatic heterocycles. The summed E-state index contributed by atoms with van der Waals surface area (Å²) >= 11 is 5.98. The molecule has 180 valence electrons. The Labute approximate surface area is 206 Å². The fourth-order valence-corrected chi connectivity index (χ4v) is 4.25. The van der Waals surface area contributed by atoms with Gasteiger partial charge in [0.2, 0.25) is 0 Å². The summed E-state index contributed by atoms with van der Waals surface area (Å²) in [6.07, 6.45) is 2.37. The van der Waals surface area contributed by atoms with E-state index in [1.807, 2.05) is 12.1 Å². The van der Waals surface area contributed by atoms with E-state index < -0.39 is 17.7 Å². The molecule has 1 unspecified atom stereocenters. The van der Waals surface area contributed by atoms with E-state index in [1.54, 1.807) is 47.4 Å². The van der Waals surface area contributed by atoms with Crippen LogP contribution in [0.5, 0.6) is 5.75 Å². The molecule has 1 aliphatic heterocycles. The van der Waals surface area contributed by atoms with Crippen LogP contribution < -0.4 is 4.74 Å². The summed E-state index contributed by atoms with van der Waals surface area (Å²) in [5.41, 5.74) is 1.24. The van der Waals surface area contributed by atoms with Gasteiger partial charge in [0, 0.05) is 17.1 Å². The normalized spacial score (nSPS) is 17.4. The number of rotatable bonds is 11. The lowest BCUT2D eigenvalue weighted by Gasteiger charge is -2.27. The molecule has 2 aromatic carbocycles. The van der Waals surface area contributed by atoms with E-state index >= 15 is 0 Å². The molecule has 1 amide bonds. The molecule has 1 fully saturated rings. The number of carbonyl (C=O) groups excluding carboxylic acids is 2. The van der Waals surface area contributed by atoms with Gasteiger partial charge < -0.3 is 19.6 Å². The Balaban J connectivity index is 2.00. The second-order valence-electron chi connectivity index (χ2n) is 8.05. The van der Waals surface area contributed by atoms with Crippen molar-refractivity contribution in [3.63, 3.8) is 0 Å². The Bertz CT molecular complexity index is 1040. The third-order valence-corrected chi connectivity index (χ3v) is 6.24. The van der Waals surface area contributed by atoms with Crippen LogP contribution in [-0.2, 0) is 9.59 Å². The standard InChI is InChI=1S/C27H31ClN2O4/c1-4-18-34-22-14-10-19(11-15-22)24-23(25(31)20-8-12-21(28)13-9-20)26(32)27(33)30(24)17-7-16-29(5-2)6-3/h4,8-15,24,31H,1,5-7,16-18H2,2-3H3. The highest BCUT2D eigenvalue weighted by Crippen LogP contribution is 2.40. The summed E-state index contributed by atoms with van der Waals surface area (Å²) < 4.78 is 5.57. The number of ether oxygens (including phenoxy) is 1. The number of carbonyl (C=O) groups is 2. The van der Waals surface area contributed by atoms with Gasteiger partial charge in [0.05, 0.1) is 11.6 Å². The molecule has 7 heteroatoms. The molecule has 2 aromatic rings. The van der Waals surface area contributed by atoms with Crippen molar-refractivity contribution in [2.45, 2.75) is 26.3 Å². The van der Waals surface area contributed by atoms with E-state index in [-0.39, 0.29) is 11.3 Å². The van der Waals surface area contributed by atoms with E-state index in [0.29, 0.717) is 35.9 Å². The quantitative estimate of drug-likeness (QED) is 0.210. The van der Waals surface area contributed by atoms with Crippen LogP contribution in [0.2, 0.25) is 5.02 Å². The summed E-state index contributed by atoms with van der Waals surface area (Å²) in [7, 11) is 0. The van der Waals surface area contributed by atoms with E-state index in [4.69, 9.17) is 16.3 Å². The zero-order chi connectivity index (χ0) is 24.7. The average molecular weight is 483 g/mol. The molecule has 1 N–H and O–H groups in total. The molecule has 3 rings (SSSR count). The molecule has 34 heavy (non-hydrogen) atoms. The second-order valence-corrected chi connectivity index (χ2v) is 8.48. The van der Waals surface area contributed by atoms with Crippen molar-refractivity contribution < 1.29 is 19.4 Å². The summed E-state index contributed by atoms with van der Waals surface area (Å²) in [6, 6.07) is 13.1. The van der Waals surface area contributed by atoms with Crippen LogP contribution in [0.4, 0.5) is 0 Å². The Kier molecular flexibility index (Phi) is 8.91. The highest BCUT2D eigenvalue weighted by molar-refractivity contribution is 6.46. The number of aliphatic hydroxyl groups is 1. The second kappa shape index (κ2) is 11.9. The van der Waals surface area contributed by atoms with Crippen LogP contribution in [-0.4, -0.2) is 59.4 Å². The zero-order valence-corrected chi connectivity index (χ0v) is 20.4. The number of halogens is 1. The highest BCUT2D eigenvalue weighted by atomic mass is 35.5. The van der Waals surface area contributed by atoms with Gasteiger partial charge in [0.1, 0.15) is 18.1 Å². The van der Waals surface area contributed by atoms with Gasteiger partial charge in [-0.2, -0.15) is 0 Å². The summed E-state index contributed by atoms with van der Waals surface area (Å²) in [4.78, 5) is 30.0. The van der Waals surface area contributed by atoms with Crippen LogP contribution in [0.25, 0.3) is 5.76 Å². The summed E-state index contributed by atoms with van der Waals surface area (Å²) in [5, 5.41) is 11.6. The number of aliphatic hydroxyl groups excluding tert-OH is 1. The van der Waals surface area contributed by atoms with Gasteiger partial charge >= 0.3 is 0 Å². The molecule has 1 atom stereocenters. The fraction of sp³-hybridized carbons (Fsp3) is 0.333. The predicted octanol–water partition coefficient (Wildman–Crippen LogP) is 5.06. The van der Waals surface area contributed by atoms with E-state index in [2.05, 4.69) is 25.3 Å². The molecule has 1 saturated heterocycles. The van der Waals surface area contributed by atoms with Gasteiger partial charge in [0.25, 0.3) is 11.7 Å². The van der Waals surface area contributed by atoms with Crippen LogP contribution in [0, 0.1) is 0 Å². The SMILES string of the molecule is C=CCOc1ccc(C2C(=C(O)c3ccc(Cl)cc3)C(=O)C(=O)N2CCCN(CC)CC)cc1. The van der Waals surface area contributed by atoms with Gasteiger partial charge in [-0.25, -0.2) is 0 Å². The van der Waals surface area contributed by atoms with Crippen molar-refractivity contribution in [1.29, 1.82) is 0 Å². The number of Topliss-reactive ketones (excluding diaryl/α,β-unsaturated/α-hetero) is 1. The molecule has 6 nitrogen and oxygen atoms in total. The Morgan fingerprint density at radius 2 is 1.76 bits per heavy atom. The molecule has 0 aliphatic carbocycles. The Hall–Kier alpha value is -3.09. The third-order valence-electron chi connectivity index (χ3n) is 5.99. The van der Waals surface area contributed by atoms with Crippen LogP contribution >= 0.6 is 11.6 Å². The minimum atomic E-state index is -0.694. The summed E-state index contributed by atoms with van der Waals surface area (Å²) in [5.74, 6) is -0.850. The number of likely N-dealkylation sites (tertiary alicyclic amines) is 1. The Morgan fingerprint density at radius 3 is 2.35 bits per heavy atom. The van der Waals surface area contributed by atoms with Crippen LogP contribution in [0.3, 0.4) is 0 Å². The van der Waals surface area contributed by atoms with Gasteiger partial charge in [-0.15, -0.1) is 0 Å². The van der Waals surface area contributed by atoms with E-state index in [0.717, 1.165) is 25.2 Å². The molecular weight excluding hydrogens is 452 g/mol. The van der Waals surface area contributed by atoms with E-state index in [1.165, 1.54) is 0 Å². The minimum absolute atomic E-state index is 0.0786. The topological polar surface area (TPSA) is 70.1 Å². The van der Waals surface area contributed by atoms with Gasteiger partial charge in [-0.3, -0.25) is 9.59 Å². The number of benzene rings is 2. The molecule has 0 spiro atoms. The molecule has 0 bridgehead atoms. The molecule has 1 heterocycles. The van der Waals surface area contributed by atoms with Gasteiger partial charge in [-0.1, -0.05) is 50.2 Å². The molecule has 0 saturated carbocycles. The van der Waals surface area contributed by atoms with Crippen molar-refractivity contribution in [2.75, 3.05) is 32.8 Å². The van der Waals surface area contributed by atoms with E-state index in [9.17, 15) is 14.7 Å². The number of hydrogen-bond donors (Lipinski definition) is 1. The summed E-state index contributed by atoms with van der Waals surface area (Å²) in [6.45, 7) is 11.3. The van der Waals surface area contributed by atoms with Crippen molar-refractivity contribution in [3.05, 3.63) is 82.9 Å². The average Bonchev–Trinajstić information content (AvgIpc) is 3.10. The van der Waals surface area contributed by atoms with Crippen molar-refractivity contribution in [2.24, 2.45) is 0 Å². The maximum atomic E-state index is 13.1. The Morgan fingerprint density at radius 1 is 1.12 bits per heavy atom. The molecule has 1 aliphatic rings. The van der Waals surface area contributed by atoms with Crippen molar-refractivity contribution >= 4 is 29.1 Å². The van der Waals surface area contributed by atoms with Crippen LogP contribution in [0.1, 0.15) is 37.4 Å². The lowest BCUT2D eigenvalue weighted by Crippen LogP contribution is -2.33. The zero-order valence-electron chi connectivity index (χ0n) is 19.7. The first-order chi connectivity index (χ1) is 16.4. The van der Waals surface area contributed by atoms with Crippen LogP contribution in [0.15, 0.2) is 66.8 Å². The highest BCUT2D eigenvalue weighted by Gasteiger charge is 2.45. The fourth-order valence-electron chi connectivity index (χ4n) is 4.13. The minimum Gasteiger partial charge on any atom is -0.507 e. The largest absolute Gasteiger partial charge is 0.507 e. The number of nitrogens with zero attached hydrogens (tertiary/aromatic N) is 2. The van der Waals surface area contributed by atoms with Gasteiger partial charge in [-0.05, 0) is 68.0 Å². The number of amides is 1. The molecular formula is C27H31ClN2O4. The first kappa shape index (κ1) is 25.5. The monoisotopic (exact) mass is 482 g/mol. The maximum absolute atomic E-state index is 13.1. The lowest BCUT2D eigenvalue weighted by atomic mass is 9.95. The van der Waals surface area contributed by atoms with Crippen molar-refractivity contribution in [3.8, 4) is 5.75 Å². The predicted molar refractivity (Wildman–Crippen MR) is 135 cm³/mol. The first-order valence-corrected chi connectivity index (χ1v) is 11.9. The number of hydrogen-bond acceptors (Lipinski definition) is 5. The third kappa shape index (κ3) is 5.69. The van der Waals surface area contributed by atoms with Crippen molar-refractivity contribution in [1.82, 2.24) is 9.80 Å². The first-order valence-electron chi connectivity index (χ1n) is 11.5. The number of ketones is 1.